The molecule has 1 amide bonds. The Kier molecular flexibility index (Phi) is 5.31. The van der Waals surface area contributed by atoms with Gasteiger partial charge in [0.2, 0.25) is 0 Å². The highest BCUT2D eigenvalue weighted by atomic mass is 79.9. The molecule has 1 saturated heterocycles. The smallest absolute Gasteiger partial charge is 0.405 e. The van der Waals surface area contributed by atoms with Crippen molar-refractivity contribution >= 4 is 22.0 Å². The normalized spacial score (nSPS) is 18.9. The van der Waals surface area contributed by atoms with Gasteiger partial charge in [-0.15, -0.1) is 0 Å². The van der Waals surface area contributed by atoms with Crippen LogP contribution in [0.1, 0.15) is 37.0 Å². The fourth-order valence-electron chi connectivity index (χ4n) is 3.69. The number of carbonyl (C=O) groups is 1. The number of hydrogen-bond acceptors (Lipinski definition) is 4. The molecule has 0 unspecified atom stereocenters. The van der Waals surface area contributed by atoms with Crippen LogP contribution in [0.2, 0.25) is 0 Å². The van der Waals surface area contributed by atoms with Crippen molar-refractivity contribution in [1.29, 1.82) is 0 Å². The maximum absolute atomic E-state index is 11.3. The third-order valence-electron chi connectivity index (χ3n) is 5.42. The van der Waals surface area contributed by atoms with Crippen LogP contribution in [0.15, 0.2) is 40.9 Å². The highest BCUT2D eigenvalue weighted by Gasteiger charge is 2.41. The molecular weight excluding hydrogens is 438 g/mol. The van der Waals surface area contributed by atoms with Crippen LogP contribution < -0.4 is 10.1 Å². The second-order valence-corrected chi connectivity index (χ2v) is 9.08. The first-order valence-corrected chi connectivity index (χ1v) is 10.4. The summed E-state index contributed by atoms with van der Waals surface area (Å²) in [5.74, 6) is 1.01. The van der Waals surface area contributed by atoms with Crippen LogP contribution in [-0.4, -0.2) is 35.7 Å². The van der Waals surface area contributed by atoms with E-state index in [-0.39, 0.29) is 13.2 Å². The van der Waals surface area contributed by atoms with E-state index < -0.39 is 17.4 Å². The Morgan fingerprint density at radius 2 is 1.76 bits per heavy atom. The summed E-state index contributed by atoms with van der Waals surface area (Å²) in [5.41, 5.74) is 2.62. The highest BCUT2D eigenvalue weighted by molar-refractivity contribution is 9.10. The number of halogens is 1. The second kappa shape index (κ2) is 7.63. The number of fused-ring (bicyclic) bond motifs is 2. The average molecular weight is 462 g/mol. The van der Waals surface area contributed by atoms with Crippen LogP contribution in [-0.2, 0) is 22.3 Å². The van der Waals surface area contributed by atoms with Crippen molar-refractivity contribution in [3.63, 3.8) is 0 Å². The molecule has 6 nitrogen and oxygen atoms in total. The standard InChI is InChI=1S/C22H24BrNO5/c1-21(2)27-12-22(13-28-21,24-20(25)26)8-7-14-3-4-15-10-16-5-6-17(23)11-19(16)29-18(15)9-14/h3-6,9,11,24H,7-8,10,12-13H2,1-2H3,(H,25,26). The third kappa shape index (κ3) is 4.57. The molecule has 154 valence electrons. The van der Waals surface area contributed by atoms with Gasteiger partial charge in [0.15, 0.2) is 5.79 Å². The van der Waals surface area contributed by atoms with Crippen LogP contribution in [0.5, 0.6) is 11.5 Å². The van der Waals surface area contributed by atoms with Crippen LogP contribution >= 0.6 is 15.9 Å². The first-order valence-electron chi connectivity index (χ1n) is 9.61. The Hall–Kier alpha value is -2.09. The number of rotatable bonds is 4. The Morgan fingerprint density at radius 3 is 2.45 bits per heavy atom. The predicted octanol–water partition coefficient (Wildman–Crippen LogP) is 4.87. The van der Waals surface area contributed by atoms with E-state index in [2.05, 4.69) is 39.4 Å². The van der Waals surface area contributed by atoms with Gasteiger partial charge in [0.25, 0.3) is 0 Å². The number of carboxylic acid groups (broad SMARTS) is 1. The summed E-state index contributed by atoms with van der Waals surface area (Å²) in [6, 6.07) is 12.3. The summed E-state index contributed by atoms with van der Waals surface area (Å²) in [6.45, 7) is 4.20. The molecule has 2 aromatic rings. The van der Waals surface area contributed by atoms with Crippen LogP contribution in [0.4, 0.5) is 4.79 Å². The molecule has 7 heteroatoms. The molecule has 2 heterocycles. The lowest BCUT2D eigenvalue weighted by Crippen LogP contribution is -2.61. The van der Waals surface area contributed by atoms with Crippen molar-refractivity contribution < 1.29 is 24.1 Å². The van der Waals surface area contributed by atoms with Gasteiger partial charge in [0.05, 0.1) is 18.8 Å². The zero-order chi connectivity index (χ0) is 20.6. The minimum absolute atomic E-state index is 0.273. The molecule has 1 fully saturated rings. The Bertz CT molecular complexity index is 933. The van der Waals surface area contributed by atoms with E-state index in [1.165, 1.54) is 0 Å². The van der Waals surface area contributed by atoms with Gasteiger partial charge >= 0.3 is 6.09 Å². The number of amides is 1. The molecule has 0 aliphatic carbocycles. The SMILES string of the molecule is CC1(C)OCC(CCc2ccc3c(c2)Oc2cc(Br)ccc2C3)(NC(=O)O)CO1. The third-order valence-corrected chi connectivity index (χ3v) is 5.91. The average Bonchev–Trinajstić information content (AvgIpc) is 2.66. The van der Waals surface area contributed by atoms with E-state index in [0.717, 1.165) is 39.1 Å². The first-order chi connectivity index (χ1) is 13.7. The minimum Gasteiger partial charge on any atom is -0.465 e. The predicted molar refractivity (Wildman–Crippen MR) is 112 cm³/mol. The molecule has 29 heavy (non-hydrogen) atoms. The van der Waals surface area contributed by atoms with Gasteiger partial charge in [0.1, 0.15) is 11.5 Å². The van der Waals surface area contributed by atoms with Gasteiger partial charge in [-0.1, -0.05) is 34.1 Å². The summed E-state index contributed by atoms with van der Waals surface area (Å²) in [5, 5.41) is 11.9. The molecule has 0 aromatic heterocycles. The first kappa shape index (κ1) is 20.2. The summed E-state index contributed by atoms with van der Waals surface area (Å²) in [4.78, 5) is 11.3. The van der Waals surface area contributed by atoms with Crippen LogP contribution in [0, 0.1) is 0 Å². The number of hydrogen-bond donors (Lipinski definition) is 2. The molecule has 0 spiro atoms. The van der Waals surface area contributed by atoms with Crippen LogP contribution in [0.25, 0.3) is 0 Å². The molecule has 0 saturated carbocycles. The minimum atomic E-state index is -1.08. The number of ether oxygens (including phenoxy) is 3. The maximum Gasteiger partial charge on any atom is 0.405 e. The van der Waals surface area contributed by atoms with E-state index in [1.54, 1.807) is 0 Å². The summed E-state index contributed by atoms with van der Waals surface area (Å²) in [6.07, 6.45) is 0.999. The molecular formula is C22H24BrNO5. The van der Waals surface area contributed by atoms with Crippen molar-refractivity contribution in [2.75, 3.05) is 13.2 Å². The van der Waals surface area contributed by atoms with E-state index >= 15 is 0 Å². The van der Waals surface area contributed by atoms with Gasteiger partial charge in [-0.05, 0) is 61.6 Å². The van der Waals surface area contributed by atoms with Gasteiger partial charge in [0, 0.05) is 10.9 Å². The quantitative estimate of drug-likeness (QED) is 0.579. The summed E-state index contributed by atoms with van der Waals surface area (Å²) < 4.78 is 18.6. The fraction of sp³-hybridized carbons (Fsp3) is 0.409. The lowest BCUT2D eigenvalue weighted by molar-refractivity contribution is -0.271. The zero-order valence-corrected chi connectivity index (χ0v) is 18.0. The van der Waals surface area contributed by atoms with E-state index in [4.69, 9.17) is 14.2 Å². The topological polar surface area (TPSA) is 77.0 Å². The molecule has 0 radical (unpaired) electrons. The fourth-order valence-corrected chi connectivity index (χ4v) is 4.03. The monoisotopic (exact) mass is 461 g/mol. The molecule has 4 rings (SSSR count). The molecule has 2 aromatic carbocycles. The second-order valence-electron chi connectivity index (χ2n) is 8.16. The Morgan fingerprint density at radius 1 is 1.10 bits per heavy atom. The Balaban J connectivity index is 1.48. The molecule has 2 aliphatic rings. The molecule has 0 atom stereocenters. The van der Waals surface area contributed by atoms with Gasteiger partial charge in [-0.2, -0.15) is 0 Å². The van der Waals surface area contributed by atoms with Gasteiger partial charge in [-0.3, -0.25) is 0 Å². The van der Waals surface area contributed by atoms with Crippen molar-refractivity contribution in [1.82, 2.24) is 5.32 Å². The largest absolute Gasteiger partial charge is 0.465 e. The summed E-state index contributed by atoms with van der Waals surface area (Å²) >= 11 is 3.49. The Labute approximate surface area is 178 Å². The van der Waals surface area contributed by atoms with Crippen LogP contribution in [0.3, 0.4) is 0 Å². The van der Waals surface area contributed by atoms with Gasteiger partial charge in [-0.25, -0.2) is 4.79 Å². The zero-order valence-electron chi connectivity index (χ0n) is 16.5. The van der Waals surface area contributed by atoms with E-state index in [9.17, 15) is 9.90 Å². The highest BCUT2D eigenvalue weighted by Crippen LogP contribution is 2.38. The number of benzene rings is 2. The lowest BCUT2D eigenvalue weighted by Gasteiger charge is -2.43. The van der Waals surface area contributed by atoms with Crippen molar-refractivity contribution in [2.45, 2.75) is 44.4 Å². The lowest BCUT2D eigenvalue weighted by atomic mass is 9.90. The molecule has 2 N–H and O–H groups in total. The van der Waals surface area contributed by atoms with Crippen molar-refractivity contribution in [2.24, 2.45) is 0 Å². The number of nitrogens with one attached hydrogen (secondary N) is 1. The molecule has 2 aliphatic heterocycles. The summed E-state index contributed by atoms with van der Waals surface area (Å²) in [7, 11) is 0. The van der Waals surface area contributed by atoms with E-state index in [0.29, 0.717) is 12.8 Å². The molecule has 0 bridgehead atoms. The van der Waals surface area contributed by atoms with Gasteiger partial charge < -0.3 is 24.6 Å². The van der Waals surface area contributed by atoms with E-state index in [1.807, 2.05) is 32.0 Å². The number of aryl methyl sites for hydroxylation is 1. The maximum atomic E-state index is 11.3. The van der Waals surface area contributed by atoms with Crippen molar-refractivity contribution in [3.8, 4) is 11.5 Å². The van der Waals surface area contributed by atoms with Crippen molar-refractivity contribution in [3.05, 3.63) is 57.6 Å².